The number of rotatable bonds is 6. The van der Waals surface area contributed by atoms with E-state index in [0.717, 1.165) is 49.9 Å². The number of para-hydroxylation sites is 2. The third-order valence-corrected chi connectivity index (χ3v) is 5.76. The lowest BCUT2D eigenvalue weighted by molar-refractivity contribution is -0.116. The number of nitrogens with zero attached hydrogens (tertiary/aromatic N) is 2. The summed E-state index contributed by atoms with van der Waals surface area (Å²) in [5.74, 6) is 1.02. The van der Waals surface area contributed by atoms with Crippen LogP contribution in [-0.4, -0.2) is 44.0 Å². The van der Waals surface area contributed by atoms with Crippen molar-refractivity contribution in [3.05, 3.63) is 24.3 Å². The summed E-state index contributed by atoms with van der Waals surface area (Å²) >= 11 is 0. The lowest BCUT2D eigenvalue weighted by Gasteiger charge is -2.35. The van der Waals surface area contributed by atoms with E-state index in [-0.39, 0.29) is 5.91 Å². The van der Waals surface area contributed by atoms with Gasteiger partial charge in [-0.25, -0.2) is 0 Å². The lowest BCUT2D eigenvalue weighted by atomic mass is 9.86. The Labute approximate surface area is 152 Å². The van der Waals surface area contributed by atoms with Crippen LogP contribution in [0, 0.1) is 5.92 Å². The van der Waals surface area contributed by atoms with Crippen LogP contribution in [-0.2, 0) is 4.79 Å². The van der Waals surface area contributed by atoms with Crippen LogP contribution >= 0.6 is 0 Å². The van der Waals surface area contributed by atoms with Crippen LogP contribution in [0.2, 0.25) is 0 Å². The number of amides is 1. The molecule has 1 saturated heterocycles. The van der Waals surface area contributed by atoms with E-state index >= 15 is 0 Å². The highest BCUT2D eigenvalue weighted by Crippen LogP contribution is 2.29. The minimum atomic E-state index is 0.164. The molecule has 0 bridgehead atoms. The minimum Gasteiger partial charge on any atom is -0.367 e. The molecule has 0 unspecified atom stereocenters. The number of hydrogen-bond acceptors (Lipinski definition) is 3. The number of carbonyl (C=O) groups is 1. The van der Waals surface area contributed by atoms with Crippen LogP contribution in [0.4, 0.5) is 11.4 Å². The first-order valence-corrected chi connectivity index (χ1v) is 10.0. The van der Waals surface area contributed by atoms with Gasteiger partial charge in [0.15, 0.2) is 0 Å². The van der Waals surface area contributed by atoms with Crippen LogP contribution in [0.25, 0.3) is 0 Å². The van der Waals surface area contributed by atoms with Crippen molar-refractivity contribution in [2.45, 2.75) is 51.4 Å². The van der Waals surface area contributed by atoms with Crippen LogP contribution in [0.1, 0.15) is 51.4 Å². The zero-order chi connectivity index (χ0) is 17.5. The summed E-state index contributed by atoms with van der Waals surface area (Å²) in [7, 11) is 2.16. The second kappa shape index (κ2) is 9.23. The molecule has 25 heavy (non-hydrogen) atoms. The number of anilines is 2. The standard InChI is InChI=1S/C21H33N3O/c1-23-14-16-24(17-15-23)20-12-6-5-11-19(20)22-21(25)13-7-10-18-8-3-2-4-9-18/h5-6,11-12,18H,2-4,7-10,13-17H2,1H3,(H,22,25). The summed E-state index contributed by atoms with van der Waals surface area (Å²) in [6.45, 7) is 4.18. The number of likely N-dealkylation sites (N-methyl/N-ethyl adjacent to an activating group) is 1. The van der Waals surface area contributed by atoms with Gasteiger partial charge >= 0.3 is 0 Å². The number of carbonyl (C=O) groups excluding carboxylic acids is 1. The predicted octanol–water partition coefficient (Wildman–Crippen LogP) is 4.13. The number of piperazine rings is 1. The van der Waals surface area contributed by atoms with Crippen molar-refractivity contribution in [1.82, 2.24) is 4.90 Å². The minimum absolute atomic E-state index is 0.164. The number of nitrogens with one attached hydrogen (secondary N) is 1. The molecule has 1 amide bonds. The van der Waals surface area contributed by atoms with Crippen LogP contribution in [0.3, 0.4) is 0 Å². The summed E-state index contributed by atoms with van der Waals surface area (Å²) in [5, 5.41) is 3.16. The van der Waals surface area contributed by atoms with E-state index in [0.29, 0.717) is 6.42 Å². The smallest absolute Gasteiger partial charge is 0.224 e. The van der Waals surface area contributed by atoms with E-state index in [2.05, 4.69) is 34.3 Å². The monoisotopic (exact) mass is 343 g/mol. The van der Waals surface area contributed by atoms with E-state index in [9.17, 15) is 4.79 Å². The summed E-state index contributed by atoms with van der Waals surface area (Å²) in [6.07, 6.45) is 9.79. The van der Waals surface area contributed by atoms with Gasteiger partial charge in [-0.05, 0) is 37.9 Å². The molecule has 0 aromatic heterocycles. The summed E-state index contributed by atoms with van der Waals surface area (Å²) in [6, 6.07) is 8.24. The van der Waals surface area contributed by atoms with E-state index in [1.807, 2.05) is 12.1 Å². The van der Waals surface area contributed by atoms with E-state index in [1.54, 1.807) is 0 Å². The highest BCUT2D eigenvalue weighted by molar-refractivity contribution is 5.94. The Balaban J connectivity index is 1.49. The molecule has 4 heteroatoms. The van der Waals surface area contributed by atoms with Gasteiger partial charge in [0.05, 0.1) is 11.4 Å². The Bertz CT molecular complexity index is 546. The maximum absolute atomic E-state index is 12.4. The average Bonchev–Trinajstić information content (AvgIpc) is 2.64. The first-order chi connectivity index (χ1) is 12.2. The maximum atomic E-state index is 12.4. The van der Waals surface area contributed by atoms with Crippen molar-refractivity contribution in [1.29, 1.82) is 0 Å². The van der Waals surface area contributed by atoms with Gasteiger partial charge in [0.2, 0.25) is 5.91 Å². The molecule has 1 aromatic carbocycles. The van der Waals surface area contributed by atoms with Gasteiger partial charge in [0.1, 0.15) is 0 Å². The second-order valence-corrected chi connectivity index (χ2v) is 7.75. The molecular formula is C21H33N3O. The molecule has 1 heterocycles. The molecule has 1 aromatic rings. The quantitative estimate of drug-likeness (QED) is 0.844. The molecule has 1 aliphatic carbocycles. The molecule has 0 atom stereocenters. The first kappa shape index (κ1) is 18.2. The normalized spacial score (nSPS) is 19.8. The van der Waals surface area contributed by atoms with Gasteiger partial charge in [-0.15, -0.1) is 0 Å². The number of benzene rings is 1. The van der Waals surface area contributed by atoms with Gasteiger partial charge in [-0.1, -0.05) is 44.2 Å². The molecule has 3 rings (SSSR count). The highest BCUT2D eigenvalue weighted by Gasteiger charge is 2.18. The van der Waals surface area contributed by atoms with Gasteiger partial charge in [-0.2, -0.15) is 0 Å². The SMILES string of the molecule is CN1CCN(c2ccccc2NC(=O)CCCC2CCCCC2)CC1. The Morgan fingerprint density at radius 2 is 1.80 bits per heavy atom. The van der Waals surface area contributed by atoms with Crippen molar-refractivity contribution >= 4 is 17.3 Å². The largest absolute Gasteiger partial charge is 0.367 e. The van der Waals surface area contributed by atoms with Crippen molar-refractivity contribution in [3.63, 3.8) is 0 Å². The van der Waals surface area contributed by atoms with Gasteiger partial charge in [0, 0.05) is 32.6 Å². The molecule has 2 fully saturated rings. The number of hydrogen-bond donors (Lipinski definition) is 1. The molecule has 2 aliphatic rings. The van der Waals surface area contributed by atoms with Crippen molar-refractivity contribution in [3.8, 4) is 0 Å². The first-order valence-electron chi connectivity index (χ1n) is 10.0. The fourth-order valence-corrected chi connectivity index (χ4v) is 4.14. The third kappa shape index (κ3) is 5.46. The molecule has 138 valence electrons. The topological polar surface area (TPSA) is 35.6 Å². The summed E-state index contributed by atoms with van der Waals surface area (Å²) in [5.41, 5.74) is 2.13. The van der Waals surface area contributed by atoms with E-state index in [1.165, 1.54) is 38.5 Å². The Kier molecular flexibility index (Phi) is 6.74. The van der Waals surface area contributed by atoms with E-state index < -0.39 is 0 Å². The van der Waals surface area contributed by atoms with Crippen LogP contribution in [0.5, 0.6) is 0 Å². The zero-order valence-electron chi connectivity index (χ0n) is 15.7. The Morgan fingerprint density at radius 3 is 2.56 bits per heavy atom. The molecule has 4 nitrogen and oxygen atoms in total. The van der Waals surface area contributed by atoms with Crippen LogP contribution in [0.15, 0.2) is 24.3 Å². The second-order valence-electron chi connectivity index (χ2n) is 7.75. The third-order valence-electron chi connectivity index (χ3n) is 5.76. The van der Waals surface area contributed by atoms with Gasteiger partial charge in [0.25, 0.3) is 0 Å². The van der Waals surface area contributed by atoms with Crippen molar-refractivity contribution < 1.29 is 4.79 Å². The van der Waals surface area contributed by atoms with Gasteiger partial charge in [-0.3, -0.25) is 4.79 Å². The fraction of sp³-hybridized carbons (Fsp3) is 0.667. The average molecular weight is 344 g/mol. The molecular weight excluding hydrogens is 310 g/mol. The van der Waals surface area contributed by atoms with E-state index in [4.69, 9.17) is 0 Å². The Morgan fingerprint density at radius 1 is 1.08 bits per heavy atom. The van der Waals surface area contributed by atoms with Crippen molar-refractivity contribution in [2.24, 2.45) is 5.92 Å². The fourth-order valence-electron chi connectivity index (χ4n) is 4.14. The molecule has 1 saturated carbocycles. The lowest BCUT2D eigenvalue weighted by Crippen LogP contribution is -2.44. The molecule has 1 aliphatic heterocycles. The Hall–Kier alpha value is -1.55. The summed E-state index contributed by atoms with van der Waals surface area (Å²) in [4.78, 5) is 17.1. The molecule has 0 radical (unpaired) electrons. The molecule has 1 N–H and O–H groups in total. The van der Waals surface area contributed by atoms with Crippen molar-refractivity contribution in [2.75, 3.05) is 43.4 Å². The highest BCUT2D eigenvalue weighted by atomic mass is 16.1. The maximum Gasteiger partial charge on any atom is 0.224 e. The summed E-state index contributed by atoms with van der Waals surface area (Å²) < 4.78 is 0. The van der Waals surface area contributed by atoms with Crippen LogP contribution < -0.4 is 10.2 Å². The predicted molar refractivity (Wildman–Crippen MR) is 105 cm³/mol. The molecule has 0 spiro atoms. The zero-order valence-corrected chi connectivity index (χ0v) is 15.7. The van der Waals surface area contributed by atoms with Gasteiger partial charge < -0.3 is 15.1 Å².